The van der Waals surface area contributed by atoms with Crippen LogP contribution in [0, 0.1) is 13.8 Å². The van der Waals surface area contributed by atoms with E-state index in [-0.39, 0.29) is 11.8 Å². The van der Waals surface area contributed by atoms with Crippen molar-refractivity contribution in [2.24, 2.45) is 0 Å². The second-order valence-electron chi connectivity index (χ2n) is 8.35. The van der Waals surface area contributed by atoms with Gasteiger partial charge in [-0.15, -0.1) is 34.0 Å². The molecule has 6 rings (SSSR count). The van der Waals surface area contributed by atoms with Gasteiger partial charge in [0.25, 0.3) is 11.8 Å². The van der Waals surface area contributed by atoms with Gasteiger partial charge in [-0.05, 0) is 41.5 Å². The number of thiophene rings is 3. The van der Waals surface area contributed by atoms with Crippen molar-refractivity contribution >= 4 is 69.5 Å². The van der Waals surface area contributed by atoms with Gasteiger partial charge in [0.2, 0.25) is 0 Å². The highest BCUT2D eigenvalue weighted by atomic mass is 32.1. The van der Waals surface area contributed by atoms with E-state index in [1.165, 1.54) is 35.1 Å². The van der Waals surface area contributed by atoms with E-state index in [9.17, 15) is 9.59 Å². The third-order valence-corrected chi connectivity index (χ3v) is 15.0. The van der Waals surface area contributed by atoms with E-state index >= 15 is 0 Å². The fourth-order valence-electron chi connectivity index (χ4n) is 4.93. The van der Waals surface area contributed by atoms with Crippen molar-refractivity contribution in [3.8, 4) is 19.5 Å². The number of carbonyl (C=O) groups is 2. The number of imide groups is 1. The van der Waals surface area contributed by atoms with Gasteiger partial charge in [0.1, 0.15) is 8.07 Å². The summed E-state index contributed by atoms with van der Waals surface area (Å²) in [6.07, 6.45) is 0. The van der Waals surface area contributed by atoms with Crippen LogP contribution in [0.5, 0.6) is 0 Å². The van der Waals surface area contributed by atoms with Gasteiger partial charge < -0.3 is 0 Å². The number of benzene rings is 1. The molecule has 4 aromatic rings. The van der Waals surface area contributed by atoms with Gasteiger partial charge in [-0.25, -0.2) is 0 Å². The molecule has 2 aliphatic rings. The molecule has 0 bridgehead atoms. The van der Waals surface area contributed by atoms with Crippen molar-refractivity contribution in [3.63, 3.8) is 0 Å². The van der Waals surface area contributed by atoms with Crippen LogP contribution >= 0.6 is 34.0 Å². The topological polar surface area (TPSA) is 37.4 Å². The van der Waals surface area contributed by atoms with Crippen LogP contribution in [0.3, 0.4) is 0 Å². The average Bonchev–Trinajstić information content (AvgIpc) is 3.52. The molecule has 3 aromatic heterocycles. The minimum atomic E-state index is -2.09. The number of amides is 2. The SMILES string of the molecule is Cc1cc2c(s1)-c1sc(-c3sc(C)c4c3C(=O)N(C)C4=O)cc1[Si]2(C)c1ccccc1. The van der Waals surface area contributed by atoms with Gasteiger partial charge in [0.15, 0.2) is 0 Å². The predicted molar refractivity (Wildman–Crippen MR) is 134 cm³/mol. The maximum Gasteiger partial charge on any atom is 0.262 e. The summed E-state index contributed by atoms with van der Waals surface area (Å²) in [5.41, 5.74) is 1.19. The summed E-state index contributed by atoms with van der Waals surface area (Å²) in [4.78, 5) is 33.8. The van der Waals surface area contributed by atoms with Crippen LogP contribution in [0.4, 0.5) is 0 Å². The molecule has 0 saturated carbocycles. The number of nitrogens with zero attached hydrogens (tertiary/aromatic N) is 1. The number of carbonyl (C=O) groups excluding carboxylic acids is 2. The summed E-state index contributed by atoms with van der Waals surface area (Å²) >= 11 is 5.24. The molecule has 0 N–H and O–H groups in total. The van der Waals surface area contributed by atoms with Crippen LogP contribution in [-0.2, 0) is 0 Å². The summed E-state index contributed by atoms with van der Waals surface area (Å²) in [7, 11) is -0.518. The third-order valence-electron chi connectivity index (χ3n) is 6.57. The summed E-state index contributed by atoms with van der Waals surface area (Å²) in [6.45, 7) is 6.58. The van der Waals surface area contributed by atoms with E-state index in [1.807, 2.05) is 18.3 Å². The summed E-state index contributed by atoms with van der Waals surface area (Å²) < 4.78 is 0. The monoisotopic (exact) mass is 477 g/mol. The molecule has 0 spiro atoms. The molecule has 1 aromatic carbocycles. The zero-order valence-electron chi connectivity index (χ0n) is 17.5. The Hall–Kier alpha value is -2.32. The highest BCUT2D eigenvalue weighted by Gasteiger charge is 2.47. The summed E-state index contributed by atoms with van der Waals surface area (Å²) in [6, 6.07) is 15.6. The largest absolute Gasteiger partial charge is 0.277 e. The molecule has 2 aliphatic heterocycles. The summed E-state index contributed by atoms with van der Waals surface area (Å²) in [5.74, 6) is -0.354. The molecule has 0 fully saturated rings. The fourth-order valence-corrected chi connectivity index (χ4v) is 14.1. The van der Waals surface area contributed by atoms with E-state index < -0.39 is 8.07 Å². The predicted octanol–water partition coefficient (Wildman–Crippen LogP) is 4.46. The second-order valence-corrected chi connectivity index (χ2v) is 15.8. The van der Waals surface area contributed by atoms with Crippen molar-refractivity contribution in [3.05, 3.63) is 63.3 Å². The lowest BCUT2D eigenvalue weighted by atomic mass is 10.1. The smallest absolute Gasteiger partial charge is 0.262 e. The molecule has 0 radical (unpaired) electrons. The highest BCUT2D eigenvalue weighted by Crippen LogP contribution is 2.47. The Morgan fingerprint density at radius 1 is 0.806 bits per heavy atom. The number of hydrogen-bond donors (Lipinski definition) is 0. The number of rotatable bonds is 2. The normalized spacial score (nSPS) is 19.2. The second kappa shape index (κ2) is 6.35. The van der Waals surface area contributed by atoms with Crippen LogP contribution in [0.1, 0.15) is 30.5 Å². The fraction of sp³-hybridized carbons (Fsp3) is 0.167. The van der Waals surface area contributed by atoms with Crippen LogP contribution in [-0.4, -0.2) is 31.8 Å². The van der Waals surface area contributed by atoms with E-state index in [0.29, 0.717) is 11.1 Å². The molecule has 154 valence electrons. The Labute approximate surface area is 193 Å². The van der Waals surface area contributed by atoms with Crippen molar-refractivity contribution in [1.29, 1.82) is 0 Å². The first-order valence-corrected chi connectivity index (χ1v) is 15.0. The summed E-state index contributed by atoms with van der Waals surface area (Å²) in [5, 5.41) is 4.35. The molecule has 2 amide bonds. The van der Waals surface area contributed by atoms with Crippen LogP contribution < -0.4 is 15.6 Å². The maximum atomic E-state index is 12.9. The Kier molecular flexibility index (Phi) is 3.97. The zero-order chi connectivity index (χ0) is 21.7. The lowest BCUT2D eigenvalue weighted by molar-refractivity contribution is 0.0693. The molecule has 31 heavy (non-hydrogen) atoms. The molecular formula is C24H19NO2S3Si. The van der Waals surface area contributed by atoms with Crippen LogP contribution in [0.25, 0.3) is 19.5 Å². The zero-order valence-corrected chi connectivity index (χ0v) is 21.0. The molecule has 0 saturated heterocycles. The Bertz CT molecular complexity index is 1430. The quantitative estimate of drug-likeness (QED) is 0.316. The van der Waals surface area contributed by atoms with Crippen molar-refractivity contribution in [2.75, 3.05) is 7.05 Å². The molecule has 0 aliphatic carbocycles. The number of hydrogen-bond acceptors (Lipinski definition) is 5. The van der Waals surface area contributed by atoms with Gasteiger partial charge in [-0.2, -0.15) is 0 Å². The Balaban J connectivity index is 1.61. The van der Waals surface area contributed by atoms with Crippen LogP contribution in [0.15, 0.2) is 42.5 Å². The Morgan fingerprint density at radius 2 is 1.45 bits per heavy atom. The molecule has 3 nitrogen and oxygen atoms in total. The minimum Gasteiger partial charge on any atom is -0.277 e. The standard InChI is InChI=1S/C24H19NO2S3Si/c1-12-10-16-21(28-12)22-17(31(16,4)14-8-6-5-7-9-14)11-15(30-22)20-19-18(13(2)29-20)23(26)25(3)24(19)27/h5-11H,1-4H3. The first-order valence-electron chi connectivity index (χ1n) is 10.1. The van der Waals surface area contributed by atoms with E-state index in [4.69, 9.17) is 0 Å². The van der Waals surface area contributed by atoms with Gasteiger partial charge in [-0.3, -0.25) is 14.5 Å². The first-order chi connectivity index (χ1) is 14.8. The van der Waals surface area contributed by atoms with Crippen molar-refractivity contribution < 1.29 is 9.59 Å². The van der Waals surface area contributed by atoms with Crippen LogP contribution in [0.2, 0.25) is 6.55 Å². The molecular weight excluding hydrogens is 459 g/mol. The average molecular weight is 478 g/mol. The van der Waals surface area contributed by atoms with Gasteiger partial charge in [-0.1, -0.05) is 36.9 Å². The first kappa shape index (κ1) is 19.4. The van der Waals surface area contributed by atoms with Gasteiger partial charge in [0.05, 0.1) is 16.0 Å². The number of aryl methyl sites for hydroxylation is 2. The minimum absolute atomic E-state index is 0.177. The maximum absolute atomic E-state index is 12.9. The van der Waals surface area contributed by atoms with Crippen molar-refractivity contribution in [1.82, 2.24) is 4.90 Å². The van der Waals surface area contributed by atoms with E-state index in [0.717, 1.165) is 14.6 Å². The van der Waals surface area contributed by atoms with Crippen molar-refractivity contribution in [2.45, 2.75) is 20.4 Å². The highest BCUT2D eigenvalue weighted by molar-refractivity contribution is 7.33. The molecule has 5 heterocycles. The van der Waals surface area contributed by atoms with E-state index in [2.05, 4.69) is 55.9 Å². The van der Waals surface area contributed by atoms with E-state index in [1.54, 1.807) is 29.7 Å². The Morgan fingerprint density at radius 3 is 2.19 bits per heavy atom. The lowest BCUT2D eigenvalue weighted by Crippen LogP contribution is -2.61. The molecule has 1 atom stereocenters. The molecule has 1 unspecified atom stereocenters. The van der Waals surface area contributed by atoms with Gasteiger partial charge >= 0.3 is 0 Å². The lowest BCUT2D eigenvalue weighted by Gasteiger charge is -2.24. The third kappa shape index (κ3) is 2.37. The number of fused-ring (bicyclic) bond motifs is 4. The molecule has 7 heteroatoms. The van der Waals surface area contributed by atoms with Gasteiger partial charge in [0, 0.05) is 31.4 Å².